The van der Waals surface area contributed by atoms with Gasteiger partial charge >= 0.3 is 5.97 Å². The van der Waals surface area contributed by atoms with Crippen LogP contribution in [0.1, 0.15) is 10.4 Å². The second-order valence-electron chi connectivity index (χ2n) is 2.38. The molecule has 0 aromatic carbocycles. The highest BCUT2D eigenvalue weighted by Crippen LogP contribution is 2.28. The second-order valence-corrected chi connectivity index (χ2v) is 4.79. The summed E-state index contributed by atoms with van der Waals surface area (Å²) in [6.45, 7) is 0. The van der Waals surface area contributed by atoms with Crippen LogP contribution in [0.4, 0.5) is 5.00 Å². The number of anilines is 1. The van der Waals surface area contributed by atoms with Crippen LogP contribution >= 0.6 is 11.3 Å². The highest BCUT2D eigenvalue weighted by molar-refractivity contribution is 7.89. The molecular formula is C6H8N2O4S2. The van der Waals surface area contributed by atoms with Crippen molar-refractivity contribution >= 4 is 32.3 Å². The van der Waals surface area contributed by atoms with E-state index in [0.29, 0.717) is 0 Å². The Kier molecular flexibility index (Phi) is 2.79. The van der Waals surface area contributed by atoms with E-state index in [9.17, 15) is 13.2 Å². The molecule has 0 aliphatic carbocycles. The zero-order valence-corrected chi connectivity index (χ0v) is 8.81. The molecule has 0 aliphatic rings. The van der Waals surface area contributed by atoms with Gasteiger partial charge in [0, 0.05) is 5.38 Å². The van der Waals surface area contributed by atoms with E-state index in [1.165, 1.54) is 5.38 Å². The Morgan fingerprint density at radius 2 is 2.14 bits per heavy atom. The van der Waals surface area contributed by atoms with Crippen molar-refractivity contribution in [2.75, 3.05) is 12.8 Å². The molecule has 4 N–H and O–H groups in total. The minimum atomic E-state index is -3.99. The van der Waals surface area contributed by atoms with E-state index in [-0.39, 0.29) is 15.5 Å². The Morgan fingerprint density at radius 1 is 1.57 bits per heavy atom. The molecule has 0 saturated carbocycles. The summed E-state index contributed by atoms with van der Waals surface area (Å²) in [5.41, 5.74) is 5.24. The van der Waals surface area contributed by atoms with Crippen molar-refractivity contribution in [1.82, 2.24) is 0 Å². The van der Waals surface area contributed by atoms with Crippen molar-refractivity contribution in [3.8, 4) is 0 Å². The molecule has 1 aromatic rings. The Bertz CT molecular complexity index is 462. The fraction of sp³-hybridized carbons (Fsp3) is 0.167. The summed E-state index contributed by atoms with van der Waals surface area (Å²) in [5.74, 6) is -0.776. The zero-order chi connectivity index (χ0) is 10.9. The fourth-order valence-corrected chi connectivity index (χ4v) is 2.88. The highest BCUT2D eigenvalue weighted by Gasteiger charge is 2.24. The van der Waals surface area contributed by atoms with Gasteiger partial charge in [0.2, 0.25) is 10.0 Å². The third-order valence-electron chi connectivity index (χ3n) is 1.46. The number of nitrogens with two attached hydrogens (primary N) is 2. The summed E-state index contributed by atoms with van der Waals surface area (Å²) in [5, 5.41) is 6.16. The smallest absolute Gasteiger partial charge is 0.340 e. The number of sulfonamides is 1. The molecule has 0 saturated heterocycles. The van der Waals surface area contributed by atoms with Crippen molar-refractivity contribution in [1.29, 1.82) is 0 Å². The topological polar surface area (TPSA) is 112 Å². The first-order chi connectivity index (χ1) is 6.38. The molecule has 0 amide bonds. The van der Waals surface area contributed by atoms with E-state index in [4.69, 9.17) is 10.9 Å². The van der Waals surface area contributed by atoms with Crippen molar-refractivity contribution in [3.63, 3.8) is 0 Å². The van der Waals surface area contributed by atoms with Crippen LogP contribution in [-0.2, 0) is 14.8 Å². The molecule has 0 spiro atoms. The normalized spacial score (nSPS) is 11.3. The third-order valence-corrected chi connectivity index (χ3v) is 3.41. The average molecular weight is 236 g/mol. The van der Waals surface area contributed by atoms with E-state index in [0.717, 1.165) is 18.4 Å². The third kappa shape index (κ3) is 1.86. The minimum absolute atomic E-state index is 0.0205. The van der Waals surface area contributed by atoms with E-state index >= 15 is 0 Å². The largest absolute Gasteiger partial charge is 0.465 e. The number of ether oxygens (including phenoxy) is 1. The minimum Gasteiger partial charge on any atom is -0.465 e. The quantitative estimate of drug-likeness (QED) is 0.688. The molecule has 0 aliphatic heterocycles. The number of thiophene rings is 1. The van der Waals surface area contributed by atoms with Crippen LogP contribution in [0.5, 0.6) is 0 Å². The van der Waals surface area contributed by atoms with Gasteiger partial charge in [0.05, 0.1) is 12.7 Å². The molecule has 1 heterocycles. The molecule has 0 radical (unpaired) electrons. The second kappa shape index (κ2) is 3.56. The summed E-state index contributed by atoms with van der Waals surface area (Å²) < 4.78 is 26.5. The molecule has 78 valence electrons. The van der Waals surface area contributed by atoms with Gasteiger partial charge in [-0.1, -0.05) is 0 Å². The average Bonchev–Trinajstić information content (AvgIpc) is 2.44. The summed E-state index contributed by atoms with van der Waals surface area (Å²) >= 11 is 0.919. The monoisotopic (exact) mass is 236 g/mol. The lowest BCUT2D eigenvalue weighted by atomic mass is 10.3. The van der Waals surface area contributed by atoms with Crippen molar-refractivity contribution in [2.45, 2.75) is 4.90 Å². The zero-order valence-electron chi connectivity index (χ0n) is 7.18. The van der Waals surface area contributed by atoms with Gasteiger partial charge in [0.15, 0.2) is 0 Å². The summed E-state index contributed by atoms with van der Waals surface area (Å²) in [6.07, 6.45) is 0. The first-order valence-corrected chi connectivity index (χ1v) is 5.78. The highest BCUT2D eigenvalue weighted by atomic mass is 32.2. The maximum absolute atomic E-state index is 11.1. The van der Waals surface area contributed by atoms with Crippen molar-refractivity contribution < 1.29 is 17.9 Å². The molecule has 0 unspecified atom stereocenters. The van der Waals surface area contributed by atoms with Crippen molar-refractivity contribution in [2.24, 2.45) is 5.14 Å². The van der Waals surface area contributed by atoms with Gasteiger partial charge in [-0.05, 0) is 0 Å². The molecule has 1 rings (SSSR count). The van der Waals surface area contributed by atoms with Crippen LogP contribution in [0.3, 0.4) is 0 Å². The molecule has 1 aromatic heterocycles. The number of hydrogen-bond donors (Lipinski definition) is 2. The number of methoxy groups -OCH3 is 1. The van der Waals surface area contributed by atoms with E-state index < -0.39 is 16.0 Å². The predicted molar refractivity (Wildman–Crippen MR) is 51.4 cm³/mol. The van der Waals surface area contributed by atoms with E-state index in [2.05, 4.69) is 4.74 Å². The van der Waals surface area contributed by atoms with Crippen LogP contribution in [0.2, 0.25) is 0 Å². The first-order valence-electron chi connectivity index (χ1n) is 3.36. The van der Waals surface area contributed by atoms with Gasteiger partial charge in [-0.2, -0.15) is 0 Å². The molecular weight excluding hydrogens is 228 g/mol. The van der Waals surface area contributed by atoms with Gasteiger partial charge < -0.3 is 10.5 Å². The molecule has 8 heteroatoms. The van der Waals surface area contributed by atoms with Crippen molar-refractivity contribution in [3.05, 3.63) is 10.9 Å². The lowest BCUT2D eigenvalue weighted by Crippen LogP contribution is -2.17. The lowest BCUT2D eigenvalue weighted by molar-refractivity contribution is 0.0597. The van der Waals surface area contributed by atoms with E-state index in [1.807, 2.05) is 0 Å². The number of hydrogen-bond acceptors (Lipinski definition) is 6. The molecule has 14 heavy (non-hydrogen) atoms. The van der Waals surface area contributed by atoms with Crippen LogP contribution in [0, 0.1) is 0 Å². The first kappa shape index (κ1) is 11.0. The Hall–Kier alpha value is -1.12. The Labute approximate surface area is 84.5 Å². The molecule has 6 nitrogen and oxygen atoms in total. The Balaban J connectivity index is 3.42. The van der Waals surface area contributed by atoms with Crippen LogP contribution in [0.25, 0.3) is 0 Å². The number of nitrogen functional groups attached to an aromatic ring is 1. The maximum Gasteiger partial charge on any atom is 0.340 e. The van der Waals surface area contributed by atoms with Gasteiger partial charge in [0.1, 0.15) is 9.90 Å². The summed E-state index contributed by atoms with van der Waals surface area (Å²) in [4.78, 5) is 10.7. The van der Waals surface area contributed by atoms with Gasteiger partial charge in [-0.3, -0.25) is 0 Å². The summed E-state index contributed by atoms with van der Waals surface area (Å²) in [6, 6.07) is 0. The van der Waals surface area contributed by atoms with Crippen LogP contribution < -0.4 is 10.9 Å². The predicted octanol–water partition coefficient (Wildman–Crippen LogP) is -0.236. The Morgan fingerprint density at radius 3 is 2.57 bits per heavy atom. The van der Waals surface area contributed by atoms with Crippen LogP contribution in [-0.4, -0.2) is 21.5 Å². The standard InChI is InChI=1S/C6H8N2O4S2/c1-12-6(9)3-2-13-5(7)4(3)14(8,10)11/h2H,7H2,1H3,(H2,8,10,11). The van der Waals surface area contributed by atoms with Gasteiger partial charge in [0.25, 0.3) is 0 Å². The lowest BCUT2D eigenvalue weighted by Gasteiger charge is -2.00. The molecule has 0 atom stereocenters. The van der Waals surface area contributed by atoms with Gasteiger partial charge in [-0.25, -0.2) is 18.4 Å². The number of primary sulfonamides is 1. The number of rotatable bonds is 2. The van der Waals surface area contributed by atoms with E-state index in [1.54, 1.807) is 0 Å². The number of carbonyl (C=O) groups is 1. The van der Waals surface area contributed by atoms with Gasteiger partial charge in [-0.15, -0.1) is 11.3 Å². The summed E-state index contributed by atoms with van der Waals surface area (Å²) in [7, 11) is -2.85. The molecule has 0 fully saturated rings. The SMILES string of the molecule is COC(=O)c1csc(N)c1S(N)(=O)=O. The fourth-order valence-electron chi connectivity index (χ4n) is 0.906. The van der Waals surface area contributed by atoms with Crippen LogP contribution in [0.15, 0.2) is 10.3 Å². The number of esters is 1. The molecule has 0 bridgehead atoms. The maximum atomic E-state index is 11.1. The number of carbonyl (C=O) groups excluding carboxylic acids is 1.